The smallest absolute Gasteiger partial charge is 0.191 e. The van der Waals surface area contributed by atoms with Crippen molar-refractivity contribution in [1.29, 1.82) is 0 Å². The molecule has 1 heterocycles. The van der Waals surface area contributed by atoms with E-state index < -0.39 is 0 Å². The molecular weight excluding hydrogens is 312 g/mol. The van der Waals surface area contributed by atoms with Crippen LogP contribution in [-0.2, 0) is 0 Å². The number of rotatable bonds is 6. The molecule has 3 unspecified atom stereocenters. The van der Waals surface area contributed by atoms with Gasteiger partial charge < -0.3 is 15.4 Å². The molecule has 0 aromatic heterocycles. The van der Waals surface area contributed by atoms with E-state index in [0.717, 1.165) is 31.2 Å². The SMILES string of the molecule is CCC(C)NC(=NC)NCC1CCCN(C)C1c1ccc(OC)cc1. The molecule has 0 amide bonds. The van der Waals surface area contributed by atoms with E-state index in [1.54, 1.807) is 7.11 Å². The van der Waals surface area contributed by atoms with E-state index >= 15 is 0 Å². The first-order chi connectivity index (χ1) is 12.1. The van der Waals surface area contributed by atoms with Gasteiger partial charge in [-0.2, -0.15) is 0 Å². The minimum Gasteiger partial charge on any atom is -0.497 e. The lowest BCUT2D eigenvalue weighted by Crippen LogP contribution is -2.46. The molecule has 1 fully saturated rings. The molecule has 1 aromatic rings. The number of nitrogens with one attached hydrogen (secondary N) is 2. The Morgan fingerprint density at radius 1 is 1.36 bits per heavy atom. The maximum atomic E-state index is 5.30. The number of hydrogen-bond acceptors (Lipinski definition) is 3. The van der Waals surface area contributed by atoms with E-state index in [4.69, 9.17) is 4.74 Å². The standard InChI is InChI=1S/C20H34N4O/c1-6-15(2)23-20(21-3)22-14-17-8-7-13-24(4)19(17)16-9-11-18(25-5)12-10-16/h9-12,15,17,19H,6-8,13-14H2,1-5H3,(H2,21,22,23). The number of ether oxygens (including phenoxy) is 1. The molecule has 1 aliphatic heterocycles. The van der Waals surface area contributed by atoms with Crippen molar-refractivity contribution in [3.63, 3.8) is 0 Å². The molecule has 1 saturated heterocycles. The van der Waals surface area contributed by atoms with Gasteiger partial charge in [-0.3, -0.25) is 9.89 Å². The van der Waals surface area contributed by atoms with E-state index in [2.05, 4.69) is 65.7 Å². The molecule has 1 aromatic carbocycles. The van der Waals surface area contributed by atoms with Crippen molar-refractivity contribution in [2.24, 2.45) is 10.9 Å². The third kappa shape index (κ3) is 5.36. The minimum absolute atomic E-state index is 0.425. The Labute approximate surface area is 152 Å². The van der Waals surface area contributed by atoms with E-state index in [9.17, 15) is 0 Å². The fourth-order valence-electron chi connectivity index (χ4n) is 3.56. The van der Waals surface area contributed by atoms with E-state index in [1.807, 2.05) is 7.05 Å². The Morgan fingerprint density at radius 2 is 2.08 bits per heavy atom. The highest BCUT2D eigenvalue weighted by Crippen LogP contribution is 2.35. The molecule has 25 heavy (non-hydrogen) atoms. The number of hydrogen-bond donors (Lipinski definition) is 2. The molecular formula is C20H34N4O. The third-order valence-corrected chi connectivity index (χ3v) is 5.22. The minimum atomic E-state index is 0.425. The second-order valence-electron chi connectivity index (χ2n) is 7.01. The van der Waals surface area contributed by atoms with Crippen LogP contribution in [0.5, 0.6) is 5.75 Å². The molecule has 0 saturated carbocycles. The lowest BCUT2D eigenvalue weighted by atomic mass is 9.85. The van der Waals surface area contributed by atoms with Crippen molar-refractivity contribution in [1.82, 2.24) is 15.5 Å². The summed E-state index contributed by atoms with van der Waals surface area (Å²) in [6, 6.07) is 9.37. The van der Waals surface area contributed by atoms with Gasteiger partial charge in [-0.05, 0) is 63.4 Å². The van der Waals surface area contributed by atoms with Gasteiger partial charge in [0.15, 0.2) is 5.96 Å². The van der Waals surface area contributed by atoms with Crippen molar-refractivity contribution >= 4 is 5.96 Å². The number of likely N-dealkylation sites (tertiary alicyclic amines) is 1. The van der Waals surface area contributed by atoms with Crippen LogP contribution >= 0.6 is 0 Å². The van der Waals surface area contributed by atoms with Crippen LogP contribution in [-0.4, -0.2) is 51.2 Å². The molecule has 0 aliphatic carbocycles. The summed E-state index contributed by atoms with van der Waals surface area (Å²) in [5.74, 6) is 2.37. The average Bonchev–Trinajstić information content (AvgIpc) is 2.65. The van der Waals surface area contributed by atoms with Gasteiger partial charge in [0.05, 0.1) is 7.11 Å². The van der Waals surface area contributed by atoms with E-state index in [-0.39, 0.29) is 0 Å². The molecule has 5 heteroatoms. The lowest BCUT2D eigenvalue weighted by Gasteiger charge is -2.40. The Kier molecular flexibility index (Phi) is 7.56. The molecule has 2 rings (SSSR count). The van der Waals surface area contributed by atoms with Crippen LogP contribution in [0.3, 0.4) is 0 Å². The van der Waals surface area contributed by atoms with Crippen molar-refractivity contribution < 1.29 is 4.74 Å². The summed E-state index contributed by atoms with van der Waals surface area (Å²) in [4.78, 5) is 6.84. The molecule has 0 spiro atoms. The van der Waals surface area contributed by atoms with Crippen LogP contribution < -0.4 is 15.4 Å². The van der Waals surface area contributed by atoms with Gasteiger partial charge in [0.1, 0.15) is 5.75 Å². The highest BCUT2D eigenvalue weighted by molar-refractivity contribution is 5.79. The molecule has 5 nitrogen and oxygen atoms in total. The third-order valence-electron chi connectivity index (χ3n) is 5.22. The first-order valence-electron chi connectivity index (χ1n) is 9.40. The maximum absolute atomic E-state index is 5.30. The van der Waals surface area contributed by atoms with Gasteiger partial charge in [0, 0.05) is 25.7 Å². The van der Waals surface area contributed by atoms with Gasteiger partial charge in [-0.25, -0.2) is 0 Å². The fourth-order valence-corrected chi connectivity index (χ4v) is 3.56. The maximum Gasteiger partial charge on any atom is 0.191 e. The van der Waals surface area contributed by atoms with Crippen molar-refractivity contribution in [3.8, 4) is 5.75 Å². The Balaban J connectivity index is 2.05. The average molecular weight is 347 g/mol. The van der Waals surface area contributed by atoms with Crippen molar-refractivity contribution in [3.05, 3.63) is 29.8 Å². The highest BCUT2D eigenvalue weighted by atomic mass is 16.5. The zero-order valence-electron chi connectivity index (χ0n) is 16.4. The summed E-state index contributed by atoms with van der Waals surface area (Å²) in [7, 11) is 5.78. The van der Waals surface area contributed by atoms with Crippen molar-refractivity contribution in [2.75, 3.05) is 34.3 Å². The predicted molar refractivity (Wildman–Crippen MR) is 105 cm³/mol. The monoisotopic (exact) mass is 346 g/mol. The topological polar surface area (TPSA) is 48.9 Å². The second kappa shape index (κ2) is 9.66. The van der Waals surface area contributed by atoms with Gasteiger partial charge in [0.2, 0.25) is 0 Å². The molecule has 2 N–H and O–H groups in total. The largest absolute Gasteiger partial charge is 0.497 e. The molecule has 1 aliphatic rings. The van der Waals surface area contributed by atoms with Crippen LogP contribution in [0.4, 0.5) is 0 Å². The first kappa shape index (κ1) is 19.6. The van der Waals surface area contributed by atoms with Crippen LogP contribution in [0, 0.1) is 5.92 Å². The van der Waals surface area contributed by atoms with Gasteiger partial charge in [0.25, 0.3) is 0 Å². The summed E-state index contributed by atoms with van der Waals surface area (Å²) in [6.45, 7) is 6.44. The molecule has 0 radical (unpaired) electrons. The summed E-state index contributed by atoms with van der Waals surface area (Å²) in [5, 5.41) is 6.98. The summed E-state index contributed by atoms with van der Waals surface area (Å²) in [5.41, 5.74) is 1.36. The highest BCUT2D eigenvalue weighted by Gasteiger charge is 2.30. The van der Waals surface area contributed by atoms with Crippen LogP contribution in [0.2, 0.25) is 0 Å². The molecule has 0 bridgehead atoms. The Hall–Kier alpha value is -1.75. The number of aliphatic imine (C=N–C) groups is 1. The lowest BCUT2D eigenvalue weighted by molar-refractivity contribution is 0.122. The molecule has 3 atom stereocenters. The molecule has 140 valence electrons. The summed E-state index contributed by atoms with van der Waals surface area (Å²) in [6.07, 6.45) is 3.56. The number of nitrogens with zero attached hydrogens (tertiary/aromatic N) is 2. The van der Waals surface area contributed by atoms with Crippen LogP contribution in [0.1, 0.15) is 44.7 Å². The Bertz CT molecular complexity index is 543. The fraction of sp³-hybridized carbons (Fsp3) is 0.650. The van der Waals surface area contributed by atoms with Gasteiger partial charge in [-0.1, -0.05) is 19.1 Å². The van der Waals surface area contributed by atoms with E-state index in [0.29, 0.717) is 18.0 Å². The number of benzene rings is 1. The normalized spacial score (nSPS) is 23.2. The van der Waals surface area contributed by atoms with E-state index in [1.165, 1.54) is 18.4 Å². The zero-order chi connectivity index (χ0) is 18.2. The zero-order valence-corrected chi connectivity index (χ0v) is 16.4. The van der Waals surface area contributed by atoms with Gasteiger partial charge in [-0.15, -0.1) is 0 Å². The quantitative estimate of drug-likeness (QED) is 0.614. The second-order valence-corrected chi connectivity index (χ2v) is 7.01. The van der Waals surface area contributed by atoms with Crippen LogP contribution in [0.15, 0.2) is 29.3 Å². The number of guanidine groups is 1. The number of piperidine rings is 1. The first-order valence-corrected chi connectivity index (χ1v) is 9.40. The van der Waals surface area contributed by atoms with Gasteiger partial charge >= 0.3 is 0 Å². The summed E-state index contributed by atoms with van der Waals surface area (Å²) >= 11 is 0. The van der Waals surface area contributed by atoms with Crippen LogP contribution in [0.25, 0.3) is 0 Å². The predicted octanol–water partition coefficient (Wildman–Crippen LogP) is 3.04. The number of methoxy groups -OCH3 is 1. The van der Waals surface area contributed by atoms with Crippen molar-refractivity contribution in [2.45, 2.75) is 45.2 Å². The summed E-state index contributed by atoms with van der Waals surface area (Å²) < 4.78 is 5.30. The Morgan fingerprint density at radius 3 is 2.68 bits per heavy atom.